The van der Waals surface area contributed by atoms with Crippen LogP contribution >= 0.6 is 0 Å². The number of aryl methyl sites for hydroxylation is 1. The van der Waals surface area contributed by atoms with Gasteiger partial charge in [-0.2, -0.15) is 0 Å². The SMILES string of the molecule is CCCc1nc(NCC)cc(NC2CCC(=O)NC2)n1. The summed E-state index contributed by atoms with van der Waals surface area (Å²) in [4.78, 5) is 20.2. The number of nitrogens with zero attached hydrogens (tertiary/aromatic N) is 2. The lowest BCUT2D eigenvalue weighted by molar-refractivity contribution is -0.122. The molecule has 1 atom stereocenters. The van der Waals surface area contributed by atoms with Crippen LogP contribution in [-0.2, 0) is 11.2 Å². The van der Waals surface area contributed by atoms with Crippen molar-refractivity contribution < 1.29 is 4.79 Å². The average Bonchev–Trinajstić information content (AvgIpc) is 2.42. The zero-order valence-electron chi connectivity index (χ0n) is 12.2. The predicted molar refractivity (Wildman–Crippen MR) is 79.8 cm³/mol. The summed E-state index contributed by atoms with van der Waals surface area (Å²) in [5, 5.41) is 9.49. The fraction of sp³-hybridized carbons (Fsp3) is 0.643. The Hall–Kier alpha value is -1.85. The van der Waals surface area contributed by atoms with E-state index in [1.807, 2.05) is 13.0 Å². The van der Waals surface area contributed by atoms with Gasteiger partial charge in [0.05, 0.1) is 0 Å². The molecule has 1 aliphatic rings. The maximum absolute atomic E-state index is 11.2. The second-order valence-electron chi connectivity index (χ2n) is 5.02. The highest BCUT2D eigenvalue weighted by molar-refractivity contribution is 5.77. The molecule has 1 aromatic rings. The van der Waals surface area contributed by atoms with Crippen molar-refractivity contribution in [2.24, 2.45) is 0 Å². The van der Waals surface area contributed by atoms with Gasteiger partial charge in [-0.3, -0.25) is 4.79 Å². The average molecular weight is 277 g/mol. The monoisotopic (exact) mass is 277 g/mol. The molecule has 1 fully saturated rings. The minimum Gasteiger partial charge on any atom is -0.370 e. The fourth-order valence-electron chi connectivity index (χ4n) is 2.24. The van der Waals surface area contributed by atoms with E-state index >= 15 is 0 Å². The van der Waals surface area contributed by atoms with Gasteiger partial charge in [-0.05, 0) is 19.8 Å². The van der Waals surface area contributed by atoms with E-state index in [4.69, 9.17) is 0 Å². The highest BCUT2D eigenvalue weighted by Crippen LogP contribution is 2.15. The lowest BCUT2D eigenvalue weighted by atomic mass is 10.1. The predicted octanol–water partition coefficient (Wildman–Crippen LogP) is 1.55. The van der Waals surface area contributed by atoms with E-state index in [1.54, 1.807) is 0 Å². The van der Waals surface area contributed by atoms with E-state index in [1.165, 1.54) is 0 Å². The highest BCUT2D eigenvalue weighted by atomic mass is 16.1. The Balaban J connectivity index is 2.06. The number of anilines is 2. The second-order valence-corrected chi connectivity index (χ2v) is 5.02. The Kier molecular flexibility index (Phi) is 5.15. The molecule has 0 aliphatic carbocycles. The molecule has 6 heteroatoms. The molecule has 0 bridgehead atoms. The lowest BCUT2D eigenvalue weighted by Crippen LogP contribution is -2.42. The molecule has 110 valence electrons. The van der Waals surface area contributed by atoms with E-state index in [9.17, 15) is 4.79 Å². The van der Waals surface area contributed by atoms with Crippen molar-refractivity contribution in [2.75, 3.05) is 23.7 Å². The van der Waals surface area contributed by atoms with Crippen molar-refractivity contribution in [1.29, 1.82) is 0 Å². The van der Waals surface area contributed by atoms with Gasteiger partial charge in [0.1, 0.15) is 17.5 Å². The molecule has 0 aromatic carbocycles. The molecule has 1 unspecified atom stereocenters. The Morgan fingerprint density at radius 1 is 1.35 bits per heavy atom. The molecular formula is C14H23N5O. The highest BCUT2D eigenvalue weighted by Gasteiger charge is 2.18. The molecule has 0 radical (unpaired) electrons. The largest absolute Gasteiger partial charge is 0.370 e. The van der Waals surface area contributed by atoms with Gasteiger partial charge in [-0.15, -0.1) is 0 Å². The summed E-state index contributed by atoms with van der Waals surface area (Å²) in [5.74, 6) is 2.67. The van der Waals surface area contributed by atoms with E-state index < -0.39 is 0 Å². The number of amides is 1. The summed E-state index contributed by atoms with van der Waals surface area (Å²) in [7, 11) is 0. The van der Waals surface area contributed by atoms with Crippen molar-refractivity contribution in [2.45, 2.75) is 45.6 Å². The van der Waals surface area contributed by atoms with Crippen molar-refractivity contribution in [1.82, 2.24) is 15.3 Å². The first-order chi connectivity index (χ1) is 9.71. The van der Waals surface area contributed by atoms with Crippen molar-refractivity contribution >= 4 is 17.5 Å². The topological polar surface area (TPSA) is 78.9 Å². The van der Waals surface area contributed by atoms with Crippen LogP contribution in [0.25, 0.3) is 0 Å². The maximum Gasteiger partial charge on any atom is 0.220 e. The van der Waals surface area contributed by atoms with Gasteiger partial charge in [0.15, 0.2) is 0 Å². The smallest absolute Gasteiger partial charge is 0.220 e. The van der Waals surface area contributed by atoms with Crippen molar-refractivity contribution in [3.8, 4) is 0 Å². The summed E-state index contributed by atoms with van der Waals surface area (Å²) in [5.41, 5.74) is 0. The van der Waals surface area contributed by atoms with E-state index in [-0.39, 0.29) is 11.9 Å². The Morgan fingerprint density at radius 3 is 2.80 bits per heavy atom. The molecule has 1 aliphatic heterocycles. The van der Waals surface area contributed by atoms with Crippen LogP contribution in [0.2, 0.25) is 0 Å². The molecule has 6 nitrogen and oxygen atoms in total. The molecule has 1 amide bonds. The molecule has 2 rings (SSSR count). The first-order valence-electron chi connectivity index (χ1n) is 7.36. The zero-order valence-corrected chi connectivity index (χ0v) is 12.2. The third kappa shape index (κ3) is 4.08. The van der Waals surface area contributed by atoms with E-state index in [0.717, 1.165) is 43.3 Å². The molecule has 0 saturated carbocycles. The van der Waals surface area contributed by atoms with Crippen LogP contribution < -0.4 is 16.0 Å². The van der Waals surface area contributed by atoms with Crippen molar-refractivity contribution in [3.05, 3.63) is 11.9 Å². The fourth-order valence-corrected chi connectivity index (χ4v) is 2.24. The van der Waals surface area contributed by atoms with Crippen molar-refractivity contribution in [3.63, 3.8) is 0 Å². The maximum atomic E-state index is 11.2. The normalized spacial score (nSPS) is 18.5. The molecule has 3 N–H and O–H groups in total. The zero-order chi connectivity index (χ0) is 14.4. The van der Waals surface area contributed by atoms with Gasteiger partial charge >= 0.3 is 0 Å². The molecule has 1 aromatic heterocycles. The minimum absolute atomic E-state index is 0.130. The third-order valence-corrected chi connectivity index (χ3v) is 3.22. The van der Waals surface area contributed by atoms with Crippen LogP contribution in [-0.4, -0.2) is 35.0 Å². The standard InChI is InChI=1S/C14H23N5O/c1-3-5-11-18-12(15-4-2)8-13(19-11)17-10-6-7-14(20)16-9-10/h8,10H,3-7,9H2,1-2H3,(H,16,20)(H2,15,17,18,19). The van der Waals surface area contributed by atoms with Gasteiger partial charge < -0.3 is 16.0 Å². The van der Waals surface area contributed by atoms with Crippen LogP contribution in [0.1, 0.15) is 38.9 Å². The molecule has 20 heavy (non-hydrogen) atoms. The number of rotatable bonds is 6. The Labute approximate surface area is 119 Å². The number of carbonyl (C=O) groups is 1. The number of piperidine rings is 1. The summed E-state index contributed by atoms with van der Waals surface area (Å²) >= 11 is 0. The number of hydrogen-bond acceptors (Lipinski definition) is 5. The number of hydrogen-bond donors (Lipinski definition) is 3. The first-order valence-corrected chi connectivity index (χ1v) is 7.36. The Morgan fingerprint density at radius 2 is 2.15 bits per heavy atom. The number of aromatic nitrogens is 2. The second kappa shape index (κ2) is 7.07. The van der Waals surface area contributed by atoms with Crippen LogP contribution in [0.3, 0.4) is 0 Å². The van der Waals surface area contributed by atoms with Gasteiger partial charge in [-0.1, -0.05) is 6.92 Å². The first kappa shape index (κ1) is 14.6. The molecular weight excluding hydrogens is 254 g/mol. The van der Waals surface area contributed by atoms with Gasteiger partial charge in [0, 0.05) is 38.0 Å². The number of carbonyl (C=O) groups excluding carboxylic acids is 1. The summed E-state index contributed by atoms with van der Waals surface area (Å²) in [6, 6.07) is 2.17. The molecule has 0 spiro atoms. The van der Waals surface area contributed by atoms with Gasteiger partial charge in [-0.25, -0.2) is 9.97 Å². The van der Waals surface area contributed by atoms with Crippen LogP contribution in [0.4, 0.5) is 11.6 Å². The van der Waals surface area contributed by atoms with Crippen LogP contribution in [0.15, 0.2) is 6.07 Å². The summed E-state index contributed by atoms with van der Waals surface area (Å²) in [6.07, 6.45) is 3.31. The Bertz CT molecular complexity index is 429. The van der Waals surface area contributed by atoms with Crippen LogP contribution in [0, 0.1) is 0 Å². The molecule has 1 saturated heterocycles. The molecule has 2 heterocycles. The van der Waals surface area contributed by atoms with Gasteiger partial charge in [0.2, 0.25) is 5.91 Å². The quantitative estimate of drug-likeness (QED) is 0.735. The number of nitrogens with one attached hydrogen (secondary N) is 3. The van der Waals surface area contributed by atoms with E-state index in [0.29, 0.717) is 13.0 Å². The minimum atomic E-state index is 0.130. The third-order valence-electron chi connectivity index (χ3n) is 3.22. The summed E-state index contributed by atoms with van der Waals surface area (Å²) in [6.45, 7) is 5.66. The van der Waals surface area contributed by atoms with E-state index in [2.05, 4.69) is 32.8 Å². The van der Waals surface area contributed by atoms with Crippen LogP contribution in [0.5, 0.6) is 0 Å². The summed E-state index contributed by atoms with van der Waals surface area (Å²) < 4.78 is 0. The van der Waals surface area contributed by atoms with Gasteiger partial charge in [0.25, 0.3) is 0 Å². The lowest BCUT2D eigenvalue weighted by Gasteiger charge is -2.24.